The number of carbonyl (C=O) groups is 2. The van der Waals surface area contributed by atoms with E-state index in [1.54, 1.807) is 20.2 Å². The van der Waals surface area contributed by atoms with E-state index in [0.29, 0.717) is 13.1 Å². The number of primary amides is 1. The fraction of sp³-hybridized carbons (Fsp3) is 0.312. The van der Waals surface area contributed by atoms with E-state index < -0.39 is 18.0 Å². The molecular formula is C16H21N5O2. The fourth-order valence-electron chi connectivity index (χ4n) is 2.20. The number of carbonyl (C=O) groups excluding carboxylic acids is 2. The summed E-state index contributed by atoms with van der Waals surface area (Å²) in [4.78, 5) is 28.7. The van der Waals surface area contributed by atoms with Crippen LogP contribution in [0, 0.1) is 0 Å². The Bertz CT molecular complexity index is 668. The Hall–Kier alpha value is -2.67. The lowest BCUT2D eigenvalue weighted by Gasteiger charge is -2.23. The maximum absolute atomic E-state index is 11.8. The van der Waals surface area contributed by atoms with E-state index in [1.807, 2.05) is 33.9 Å². The smallest absolute Gasteiger partial charge is 0.318 e. The third-order valence-electron chi connectivity index (χ3n) is 3.68. The lowest BCUT2D eigenvalue weighted by molar-refractivity contribution is -0.124. The molecule has 0 fully saturated rings. The number of rotatable bonds is 6. The molecule has 0 aliphatic rings. The van der Waals surface area contributed by atoms with Gasteiger partial charge in [0, 0.05) is 18.9 Å². The topological polar surface area (TPSA) is 93.2 Å². The van der Waals surface area contributed by atoms with Gasteiger partial charge in [-0.2, -0.15) is 0 Å². The number of hydrogen-bond donors (Lipinski definition) is 2. The summed E-state index contributed by atoms with van der Waals surface area (Å²) in [5.74, 6) is 0.413. The minimum absolute atomic E-state index is 0.429. The lowest BCUT2D eigenvalue weighted by atomic mass is 10.2. The van der Waals surface area contributed by atoms with Crippen LogP contribution in [0.4, 0.5) is 4.79 Å². The molecule has 0 spiro atoms. The number of imidazole rings is 1. The zero-order valence-corrected chi connectivity index (χ0v) is 13.3. The number of imide groups is 1. The van der Waals surface area contributed by atoms with Crippen LogP contribution in [0.5, 0.6) is 0 Å². The van der Waals surface area contributed by atoms with Crippen LogP contribution in [0.15, 0.2) is 42.7 Å². The number of urea groups is 1. The molecule has 2 aromatic rings. The van der Waals surface area contributed by atoms with Gasteiger partial charge in [-0.15, -0.1) is 0 Å². The molecule has 1 aromatic heterocycles. The summed E-state index contributed by atoms with van der Waals surface area (Å²) in [5.41, 5.74) is 6.15. The van der Waals surface area contributed by atoms with Crippen molar-refractivity contribution in [2.24, 2.45) is 5.73 Å². The van der Waals surface area contributed by atoms with Crippen molar-refractivity contribution >= 4 is 11.9 Å². The molecule has 1 atom stereocenters. The van der Waals surface area contributed by atoms with Crippen molar-refractivity contribution in [1.82, 2.24) is 19.8 Å². The Morgan fingerprint density at radius 3 is 2.70 bits per heavy atom. The van der Waals surface area contributed by atoms with Crippen molar-refractivity contribution in [1.29, 1.82) is 0 Å². The van der Waals surface area contributed by atoms with Gasteiger partial charge >= 0.3 is 6.03 Å². The summed E-state index contributed by atoms with van der Waals surface area (Å²) in [7, 11) is 1.80. The highest BCUT2D eigenvalue weighted by Gasteiger charge is 2.20. The number of nitrogens with zero attached hydrogens (tertiary/aromatic N) is 3. The second-order valence-corrected chi connectivity index (χ2v) is 5.40. The summed E-state index contributed by atoms with van der Waals surface area (Å²) in [5, 5.41) is 2.09. The van der Waals surface area contributed by atoms with Crippen LogP contribution < -0.4 is 11.1 Å². The SMILES string of the molecule is CC(C(=O)NC(N)=O)N(C)Cc1nccn1Cc1ccccc1. The van der Waals surface area contributed by atoms with Gasteiger partial charge in [-0.1, -0.05) is 30.3 Å². The summed E-state index contributed by atoms with van der Waals surface area (Å²) in [6, 6.07) is 8.73. The normalized spacial score (nSPS) is 12.1. The molecule has 2 rings (SSSR count). The second kappa shape index (κ2) is 7.55. The number of amides is 3. The first-order valence-corrected chi connectivity index (χ1v) is 7.32. The molecule has 0 aliphatic carbocycles. The van der Waals surface area contributed by atoms with Crippen LogP contribution in [-0.4, -0.2) is 39.5 Å². The van der Waals surface area contributed by atoms with E-state index in [0.717, 1.165) is 5.82 Å². The Balaban J connectivity index is 2.02. The van der Waals surface area contributed by atoms with Gasteiger partial charge < -0.3 is 10.3 Å². The standard InChI is InChI=1S/C16H21N5O2/c1-12(15(22)19-16(17)23)20(2)11-14-18-8-9-21(14)10-13-6-4-3-5-7-13/h3-9,12H,10-11H2,1-2H3,(H3,17,19,22,23). The molecule has 0 radical (unpaired) electrons. The molecule has 7 heteroatoms. The number of nitrogens with one attached hydrogen (secondary N) is 1. The van der Waals surface area contributed by atoms with Gasteiger partial charge in [0.2, 0.25) is 5.91 Å². The minimum Gasteiger partial charge on any atom is -0.351 e. The largest absolute Gasteiger partial charge is 0.351 e. The van der Waals surface area contributed by atoms with E-state index in [4.69, 9.17) is 5.73 Å². The Morgan fingerprint density at radius 2 is 2.04 bits per heavy atom. The minimum atomic E-state index is -0.846. The van der Waals surface area contributed by atoms with Gasteiger partial charge in [0.05, 0.1) is 12.6 Å². The lowest BCUT2D eigenvalue weighted by Crippen LogP contribution is -2.47. The van der Waals surface area contributed by atoms with Gasteiger partial charge in [-0.25, -0.2) is 9.78 Å². The second-order valence-electron chi connectivity index (χ2n) is 5.40. The zero-order valence-electron chi connectivity index (χ0n) is 13.3. The average molecular weight is 315 g/mol. The summed E-state index contributed by atoms with van der Waals surface area (Å²) >= 11 is 0. The number of hydrogen-bond acceptors (Lipinski definition) is 4. The highest BCUT2D eigenvalue weighted by Crippen LogP contribution is 2.09. The number of aromatic nitrogens is 2. The predicted molar refractivity (Wildman–Crippen MR) is 86.4 cm³/mol. The fourth-order valence-corrected chi connectivity index (χ4v) is 2.20. The van der Waals surface area contributed by atoms with Gasteiger partial charge in [-0.05, 0) is 19.5 Å². The van der Waals surface area contributed by atoms with Crippen LogP contribution in [0.25, 0.3) is 0 Å². The molecule has 122 valence electrons. The molecule has 1 aromatic carbocycles. The van der Waals surface area contributed by atoms with Crippen molar-refractivity contribution in [3.05, 3.63) is 54.1 Å². The van der Waals surface area contributed by atoms with Crippen LogP contribution in [-0.2, 0) is 17.9 Å². The molecule has 3 amide bonds. The summed E-state index contributed by atoms with van der Waals surface area (Å²) in [6.07, 6.45) is 3.64. The highest BCUT2D eigenvalue weighted by molar-refractivity contribution is 5.96. The maximum atomic E-state index is 11.8. The van der Waals surface area contributed by atoms with Crippen molar-refractivity contribution in [2.45, 2.75) is 26.1 Å². The highest BCUT2D eigenvalue weighted by atomic mass is 16.2. The molecule has 7 nitrogen and oxygen atoms in total. The van der Waals surface area contributed by atoms with Gasteiger partial charge in [0.1, 0.15) is 5.82 Å². The van der Waals surface area contributed by atoms with E-state index in [-0.39, 0.29) is 0 Å². The monoisotopic (exact) mass is 315 g/mol. The van der Waals surface area contributed by atoms with E-state index in [1.165, 1.54) is 5.56 Å². The third-order valence-corrected chi connectivity index (χ3v) is 3.68. The molecule has 0 bridgehead atoms. The predicted octanol–water partition coefficient (Wildman–Crippen LogP) is 0.947. The number of benzene rings is 1. The Kier molecular flexibility index (Phi) is 5.48. The Morgan fingerprint density at radius 1 is 1.35 bits per heavy atom. The van der Waals surface area contributed by atoms with Gasteiger partial charge in [-0.3, -0.25) is 15.0 Å². The molecule has 0 aliphatic heterocycles. The van der Waals surface area contributed by atoms with Crippen LogP contribution in [0.2, 0.25) is 0 Å². The molecule has 1 unspecified atom stereocenters. The van der Waals surface area contributed by atoms with Crippen molar-refractivity contribution in [2.75, 3.05) is 7.05 Å². The first-order chi connectivity index (χ1) is 11.0. The molecular weight excluding hydrogens is 294 g/mol. The molecule has 23 heavy (non-hydrogen) atoms. The van der Waals surface area contributed by atoms with Crippen molar-refractivity contribution in [3.63, 3.8) is 0 Å². The third kappa shape index (κ3) is 4.65. The number of likely N-dealkylation sites (N-methyl/N-ethyl adjacent to an activating group) is 1. The molecule has 0 saturated heterocycles. The van der Waals surface area contributed by atoms with Crippen LogP contribution in [0.1, 0.15) is 18.3 Å². The van der Waals surface area contributed by atoms with Gasteiger partial charge in [0.25, 0.3) is 0 Å². The average Bonchev–Trinajstić information content (AvgIpc) is 2.93. The van der Waals surface area contributed by atoms with E-state index in [2.05, 4.69) is 22.4 Å². The molecule has 3 N–H and O–H groups in total. The van der Waals surface area contributed by atoms with E-state index in [9.17, 15) is 9.59 Å². The zero-order chi connectivity index (χ0) is 16.8. The first kappa shape index (κ1) is 16.7. The quantitative estimate of drug-likeness (QED) is 0.830. The summed E-state index contributed by atoms with van der Waals surface area (Å²) in [6.45, 7) is 2.90. The van der Waals surface area contributed by atoms with Crippen LogP contribution in [0.3, 0.4) is 0 Å². The first-order valence-electron chi connectivity index (χ1n) is 7.32. The van der Waals surface area contributed by atoms with Crippen LogP contribution >= 0.6 is 0 Å². The van der Waals surface area contributed by atoms with Crippen molar-refractivity contribution in [3.8, 4) is 0 Å². The number of nitrogens with two attached hydrogens (primary N) is 1. The summed E-state index contributed by atoms with van der Waals surface area (Å²) < 4.78 is 2.03. The van der Waals surface area contributed by atoms with Crippen molar-refractivity contribution < 1.29 is 9.59 Å². The van der Waals surface area contributed by atoms with Gasteiger partial charge in [0.15, 0.2) is 0 Å². The molecule has 0 saturated carbocycles. The Labute approximate surface area is 135 Å². The molecule has 1 heterocycles. The maximum Gasteiger partial charge on any atom is 0.318 e. The van der Waals surface area contributed by atoms with E-state index >= 15 is 0 Å².